The largest absolute Gasteiger partial charge is 0.480 e. The number of unbranched alkanes of at least 4 members (excludes halogenated alkanes) is 3. The van der Waals surface area contributed by atoms with Crippen LogP contribution in [0.5, 0.6) is 0 Å². The fourth-order valence-electron chi connectivity index (χ4n) is 3.30. The molecule has 30 heavy (non-hydrogen) atoms. The van der Waals surface area contributed by atoms with Crippen molar-refractivity contribution in [3.63, 3.8) is 0 Å². The van der Waals surface area contributed by atoms with E-state index in [0.717, 1.165) is 4.13 Å². The number of alkyl halides is 6. The van der Waals surface area contributed by atoms with Crippen molar-refractivity contribution < 1.29 is 47.7 Å². The molecule has 0 aromatic rings. The van der Waals surface area contributed by atoms with Crippen LogP contribution in [0.25, 0.3) is 4.13 Å². The predicted octanol–water partition coefficient (Wildman–Crippen LogP) is 5.04. The van der Waals surface area contributed by atoms with Crippen LogP contribution in [0.3, 0.4) is 0 Å². The summed E-state index contributed by atoms with van der Waals surface area (Å²) in [7, 11) is -13.4. The van der Waals surface area contributed by atoms with Crippen molar-refractivity contribution in [3.05, 3.63) is 4.13 Å². The molecule has 0 unspecified atom stereocenters. The molecule has 0 amide bonds. The number of hydrogen-bond acceptors (Lipinski definition) is 4. The maximum absolute atomic E-state index is 11.4. The molecular weight excluding hydrogens is 462 g/mol. The first-order valence-electron chi connectivity index (χ1n) is 9.75. The first-order chi connectivity index (χ1) is 13.5. The number of quaternary nitrogens is 1. The van der Waals surface area contributed by atoms with Crippen LogP contribution in [-0.2, 0) is 20.0 Å². The van der Waals surface area contributed by atoms with Gasteiger partial charge in [-0.05, 0) is 38.5 Å². The molecule has 1 rings (SSSR count). The molecular formula is C16H30F6N2O4S2. The summed E-state index contributed by atoms with van der Waals surface area (Å²) >= 11 is 0. The third kappa shape index (κ3) is 9.69. The van der Waals surface area contributed by atoms with Gasteiger partial charge in [0, 0.05) is 0 Å². The van der Waals surface area contributed by atoms with Crippen molar-refractivity contribution in [3.8, 4) is 0 Å². The Bertz CT molecular complexity index is 653. The average Bonchev–Trinajstić information content (AvgIpc) is 2.58. The second kappa shape index (κ2) is 11.9. The number of likely N-dealkylation sites (tertiary alicyclic amines) is 1. The van der Waals surface area contributed by atoms with Gasteiger partial charge in [0.25, 0.3) is 0 Å². The number of nitrogens with zero attached hydrogens (tertiary/aromatic N) is 2. The smallest absolute Gasteiger partial charge is 0.421 e. The van der Waals surface area contributed by atoms with Gasteiger partial charge in [-0.3, -0.25) is 0 Å². The lowest BCUT2D eigenvalue weighted by atomic mass is 10.1. The number of rotatable bonds is 9. The summed E-state index contributed by atoms with van der Waals surface area (Å²) in [5.41, 5.74) is -12.4. The van der Waals surface area contributed by atoms with E-state index in [9.17, 15) is 43.2 Å². The fourth-order valence-corrected chi connectivity index (χ4v) is 5.01. The first-order valence-corrected chi connectivity index (χ1v) is 12.6. The molecule has 0 atom stereocenters. The maximum Gasteiger partial charge on any atom is 0.480 e. The summed E-state index contributed by atoms with van der Waals surface area (Å²) in [6, 6.07) is 0. The van der Waals surface area contributed by atoms with Gasteiger partial charge in [-0.25, -0.2) is 16.8 Å². The number of sulfonamides is 2. The van der Waals surface area contributed by atoms with Gasteiger partial charge >= 0.3 is 11.0 Å². The van der Waals surface area contributed by atoms with Gasteiger partial charge in [-0.1, -0.05) is 26.7 Å². The second-order valence-corrected chi connectivity index (χ2v) is 10.7. The Morgan fingerprint density at radius 2 is 1.17 bits per heavy atom. The molecule has 182 valence electrons. The van der Waals surface area contributed by atoms with E-state index in [1.54, 1.807) is 0 Å². The van der Waals surface area contributed by atoms with E-state index in [2.05, 4.69) is 13.8 Å². The molecule has 1 fully saturated rings. The van der Waals surface area contributed by atoms with Crippen LogP contribution in [0.15, 0.2) is 0 Å². The lowest BCUT2D eigenvalue weighted by Gasteiger charge is -2.41. The quantitative estimate of drug-likeness (QED) is 0.257. The van der Waals surface area contributed by atoms with E-state index in [1.807, 2.05) is 0 Å². The lowest BCUT2D eigenvalue weighted by Crippen LogP contribution is -2.52. The van der Waals surface area contributed by atoms with Gasteiger partial charge < -0.3 is 8.61 Å². The van der Waals surface area contributed by atoms with Crippen LogP contribution in [0.2, 0.25) is 0 Å². The molecule has 0 aromatic heterocycles. The van der Waals surface area contributed by atoms with Crippen LogP contribution in [0.4, 0.5) is 26.3 Å². The van der Waals surface area contributed by atoms with E-state index < -0.39 is 31.1 Å². The van der Waals surface area contributed by atoms with Crippen molar-refractivity contribution in [1.29, 1.82) is 0 Å². The van der Waals surface area contributed by atoms with Gasteiger partial charge in [0.1, 0.15) is 0 Å². The van der Waals surface area contributed by atoms with Gasteiger partial charge in [0.15, 0.2) is 20.0 Å². The molecule has 0 aliphatic carbocycles. The summed E-state index contributed by atoms with van der Waals surface area (Å²) in [6.07, 6.45) is 11.5. The number of piperidine rings is 1. The minimum absolute atomic E-state index is 0.778. The van der Waals surface area contributed by atoms with Crippen LogP contribution in [0, 0.1) is 0 Å². The van der Waals surface area contributed by atoms with Crippen LogP contribution >= 0.6 is 0 Å². The van der Waals surface area contributed by atoms with Crippen LogP contribution < -0.4 is 0 Å². The highest BCUT2D eigenvalue weighted by atomic mass is 32.3. The van der Waals surface area contributed by atoms with Crippen molar-refractivity contribution in [2.24, 2.45) is 0 Å². The summed E-state index contributed by atoms with van der Waals surface area (Å²) in [4.78, 5) is 0. The van der Waals surface area contributed by atoms with Crippen LogP contribution in [0.1, 0.15) is 65.2 Å². The number of hydrogen-bond donors (Lipinski definition) is 0. The highest BCUT2D eigenvalue weighted by molar-refractivity contribution is 8.13. The molecule has 1 aliphatic heterocycles. The summed E-state index contributed by atoms with van der Waals surface area (Å²) in [6.45, 7) is 10.5. The topological polar surface area (TPSA) is 82.4 Å². The predicted molar refractivity (Wildman–Crippen MR) is 101 cm³/mol. The zero-order valence-corrected chi connectivity index (χ0v) is 18.7. The molecule has 0 bridgehead atoms. The Hall–Kier alpha value is -0.600. The van der Waals surface area contributed by atoms with Gasteiger partial charge in [0.05, 0.1) is 26.2 Å². The summed E-state index contributed by atoms with van der Waals surface area (Å²) in [5.74, 6) is 0. The third-order valence-corrected chi connectivity index (χ3v) is 7.47. The molecule has 6 nitrogen and oxygen atoms in total. The van der Waals surface area contributed by atoms with Gasteiger partial charge in [0.2, 0.25) is 0 Å². The van der Waals surface area contributed by atoms with Crippen molar-refractivity contribution in [2.45, 2.75) is 76.2 Å². The molecule has 0 N–H and O–H groups in total. The van der Waals surface area contributed by atoms with Crippen LogP contribution in [-0.4, -0.2) is 58.5 Å². The van der Waals surface area contributed by atoms with Crippen molar-refractivity contribution in [1.82, 2.24) is 0 Å². The Balaban J connectivity index is 0.000000561. The Labute approximate surface area is 174 Å². The van der Waals surface area contributed by atoms with E-state index in [4.69, 9.17) is 0 Å². The van der Waals surface area contributed by atoms with E-state index in [1.165, 1.54) is 82.0 Å². The highest BCUT2D eigenvalue weighted by Gasteiger charge is 2.46. The summed E-state index contributed by atoms with van der Waals surface area (Å²) < 4.78 is 111. The second-order valence-electron chi connectivity index (χ2n) is 7.27. The van der Waals surface area contributed by atoms with Gasteiger partial charge in [-0.15, -0.1) is 0 Å². The third-order valence-electron chi connectivity index (χ3n) is 4.73. The molecule has 1 aliphatic rings. The lowest BCUT2D eigenvalue weighted by molar-refractivity contribution is -0.932. The normalized spacial score (nSPS) is 17.9. The highest BCUT2D eigenvalue weighted by Crippen LogP contribution is 2.36. The standard InChI is InChI=1S/C14H30N.C2F6NO4S2/c1-3-5-6-8-12-15(11-4-2)13-9-7-10-14-15;3-1(4,5)14(10,11)9-15(12,13)2(6,7)8/h3-14H2,1-2H3;/q+1;-1. The molecule has 14 heteroatoms. The maximum atomic E-state index is 11.4. The SMILES string of the molecule is CCCCCC[N+]1(CCC)CCCCC1.O=S(=O)([N-]S(=O)(=O)C(F)(F)F)C(F)(F)F. The average molecular weight is 493 g/mol. The first kappa shape index (κ1) is 29.4. The zero-order valence-electron chi connectivity index (χ0n) is 17.1. The monoisotopic (exact) mass is 492 g/mol. The Kier molecular flexibility index (Phi) is 11.6. The van der Waals surface area contributed by atoms with E-state index >= 15 is 0 Å². The molecule has 0 saturated carbocycles. The minimum atomic E-state index is -6.72. The summed E-state index contributed by atoms with van der Waals surface area (Å²) in [5, 5.41) is 0. The van der Waals surface area contributed by atoms with Gasteiger partial charge in [-0.2, -0.15) is 26.3 Å². The Morgan fingerprint density at radius 1 is 0.700 bits per heavy atom. The van der Waals surface area contributed by atoms with Crippen molar-refractivity contribution >= 4 is 20.0 Å². The molecule has 0 aromatic carbocycles. The van der Waals surface area contributed by atoms with E-state index in [0.29, 0.717) is 0 Å². The molecule has 1 saturated heterocycles. The van der Waals surface area contributed by atoms with Crippen molar-refractivity contribution in [2.75, 3.05) is 26.2 Å². The fraction of sp³-hybridized carbons (Fsp3) is 1.00. The minimum Gasteiger partial charge on any atom is -0.421 e. The molecule has 1 heterocycles. The molecule has 0 radical (unpaired) electrons. The Morgan fingerprint density at radius 3 is 1.53 bits per heavy atom. The van der Waals surface area contributed by atoms with E-state index in [-0.39, 0.29) is 0 Å². The number of halogens is 6. The zero-order chi connectivity index (χ0) is 23.7. The molecule has 0 spiro atoms.